The van der Waals surface area contributed by atoms with Crippen LogP contribution in [0.1, 0.15) is 31.0 Å². The van der Waals surface area contributed by atoms with Crippen molar-refractivity contribution >= 4 is 22.8 Å². The van der Waals surface area contributed by atoms with Gasteiger partial charge in [-0.25, -0.2) is 9.37 Å². The molecule has 1 aromatic carbocycles. The maximum atomic E-state index is 13.0. The molecule has 1 saturated heterocycles. The smallest absolute Gasteiger partial charge is 0.263 e. The molecule has 4 rings (SSSR count). The summed E-state index contributed by atoms with van der Waals surface area (Å²) in [6.07, 6.45) is 3.92. The van der Waals surface area contributed by atoms with Crippen molar-refractivity contribution in [2.75, 3.05) is 18.0 Å². The van der Waals surface area contributed by atoms with Crippen LogP contribution in [0.3, 0.4) is 0 Å². The van der Waals surface area contributed by atoms with E-state index in [9.17, 15) is 9.18 Å². The van der Waals surface area contributed by atoms with E-state index in [2.05, 4.69) is 25.3 Å². The maximum Gasteiger partial charge on any atom is 0.263 e. The number of fused-ring (bicyclic) bond motifs is 1. The third-order valence-corrected chi connectivity index (χ3v) is 5.13. The number of anilines is 1. The molecule has 146 valence electrons. The lowest BCUT2D eigenvalue weighted by Gasteiger charge is -2.33. The molecule has 3 aromatic rings. The zero-order valence-corrected chi connectivity index (χ0v) is 15.7. The van der Waals surface area contributed by atoms with E-state index in [1.54, 1.807) is 12.1 Å². The Kier molecular flexibility index (Phi) is 5.18. The van der Waals surface area contributed by atoms with E-state index in [1.807, 2.05) is 6.92 Å². The van der Waals surface area contributed by atoms with Gasteiger partial charge in [-0.1, -0.05) is 24.2 Å². The van der Waals surface area contributed by atoms with Gasteiger partial charge in [0.05, 0.1) is 11.6 Å². The number of benzene rings is 1. The van der Waals surface area contributed by atoms with Crippen LogP contribution in [-0.4, -0.2) is 34.1 Å². The van der Waals surface area contributed by atoms with Gasteiger partial charge >= 0.3 is 0 Å². The van der Waals surface area contributed by atoms with Gasteiger partial charge in [-0.2, -0.15) is 4.98 Å². The first-order chi connectivity index (χ1) is 13.7. The summed E-state index contributed by atoms with van der Waals surface area (Å²) in [4.78, 5) is 23.4. The normalized spacial score (nSPS) is 17.1. The molecule has 0 bridgehead atoms. The molecule has 1 fully saturated rings. The van der Waals surface area contributed by atoms with Crippen molar-refractivity contribution in [2.45, 2.75) is 32.7 Å². The Morgan fingerprint density at radius 1 is 1.32 bits per heavy atom. The Morgan fingerprint density at radius 3 is 2.93 bits per heavy atom. The largest absolute Gasteiger partial charge is 0.355 e. The topological polar surface area (TPSA) is 84.2 Å². The lowest BCUT2D eigenvalue weighted by atomic mass is 9.96. The fraction of sp³-hybridized carbons (Fsp3) is 0.400. The van der Waals surface area contributed by atoms with Crippen LogP contribution in [0.2, 0.25) is 0 Å². The standard InChI is InChI=1S/C20H22FN5O2/c1-2-16-17-18(23-12-24-20(17)28-25-16)26-9-3-4-14(11-26)19(27)22-10-13-5-7-15(21)8-6-13/h5-8,12,14H,2-4,9-11H2,1H3,(H,22,27)/t14-/m0/s1. The van der Waals surface area contributed by atoms with Gasteiger partial charge in [0, 0.05) is 19.6 Å². The first kappa shape index (κ1) is 18.3. The molecule has 1 aliphatic heterocycles. The molecule has 1 atom stereocenters. The molecular weight excluding hydrogens is 361 g/mol. The van der Waals surface area contributed by atoms with Crippen molar-refractivity contribution in [2.24, 2.45) is 5.92 Å². The molecule has 0 spiro atoms. The highest BCUT2D eigenvalue weighted by Gasteiger charge is 2.28. The summed E-state index contributed by atoms with van der Waals surface area (Å²) in [6, 6.07) is 6.15. The average molecular weight is 383 g/mol. The number of halogens is 1. The minimum Gasteiger partial charge on any atom is -0.355 e. The second kappa shape index (κ2) is 7.92. The molecule has 1 aliphatic rings. The molecule has 28 heavy (non-hydrogen) atoms. The van der Waals surface area contributed by atoms with E-state index in [0.29, 0.717) is 18.8 Å². The van der Waals surface area contributed by atoms with Crippen molar-refractivity contribution in [3.8, 4) is 0 Å². The number of aryl methyl sites for hydroxylation is 1. The van der Waals surface area contributed by atoms with Gasteiger partial charge in [-0.05, 0) is 37.0 Å². The Labute approximate surface area is 161 Å². The third kappa shape index (κ3) is 3.67. The van der Waals surface area contributed by atoms with Gasteiger partial charge < -0.3 is 14.7 Å². The van der Waals surface area contributed by atoms with Crippen molar-refractivity contribution in [1.29, 1.82) is 0 Å². The number of hydrogen-bond donors (Lipinski definition) is 1. The number of nitrogens with one attached hydrogen (secondary N) is 1. The monoisotopic (exact) mass is 383 g/mol. The van der Waals surface area contributed by atoms with E-state index in [0.717, 1.165) is 48.3 Å². The fourth-order valence-electron chi connectivity index (χ4n) is 3.63. The fourth-order valence-corrected chi connectivity index (χ4v) is 3.63. The third-order valence-electron chi connectivity index (χ3n) is 5.13. The number of aromatic nitrogens is 3. The molecule has 0 radical (unpaired) electrons. The zero-order chi connectivity index (χ0) is 19.5. The predicted molar refractivity (Wildman–Crippen MR) is 102 cm³/mol. The molecule has 1 amide bonds. The second-order valence-electron chi connectivity index (χ2n) is 6.99. The average Bonchev–Trinajstić information content (AvgIpc) is 3.16. The minimum absolute atomic E-state index is 0.000332. The summed E-state index contributed by atoms with van der Waals surface area (Å²) in [7, 11) is 0. The van der Waals surface area contributed by atoms with Crippen LogP contribution in [0.5, 0.6) is 0 Å². The first-order valence-electron chi connectivity index (χ1n) is 9.52. The summed E-state index contributed by atoms with van der Waals surface area (Å²) >= 11 is 0. The van der Waals surface area contributed by atoms with Gasteiger partial charge in [0.15, 0.2) is 0 Å². The van der Waals surface area contributed by atoms with Crippen LogP contribution in [0, 0.1) is 11.7 Å². The summed E-state index contributed by atoms with van der Waals surface area (Å²) in [5.41, 5.74) is 2.18. The van der Waals surface area contributed by atoms with Gasteiger partial charge in [-0.15, -0.1) is 0 Å². The zero-order valence-electron chi connectivity index (χ0n) is 15.7. The summed E-state index contributed by atoms with van der Waals surface area (Å²) < 4.78 is 18.3. The van der Waals surface area contributed by atoms with Gasteiger partial charge in [0.25, 0.3) is 5.71 Å². The number of hydrogen-bond acceptors (Lipinski definition) is 6. The SMILES string of the molecule is CCc1noc2ncnc(N3CCC[C@H](C(=O)NCc4ccc(F)cc4)C3)c12. The van der Waals surface area contributed by atoms with Crippen molar-refractivity contribution in [3.05, 3.63) is 47.7 Å². The lowest BCUT2D eigenvalue weighted by Crippen LogP contribution is -2.43. The Morgan fingerprint density at radius 2 is 2.14 bits per heavy atom. The number of nitrogens with zero attached hydrogens (tertiary/aromatic N) is 4. The summed E-state index contributed by atoms with van der Waals surface area (Å²) in [5.74, 6) is 0.359. The highest BCUT2D eigenvalue weighted by Crippen LogP contribution is 2.30. The van der Waals surface area contributed by atoms with Crippen molar-refractivity contribution in [1.82, 2.24) is 20.4 Å². The Hall–Kier alpha value is -3.03. The molecule has 7 nitrogen and oxygen atoms in total. The molecule has 8 heteroatoms. The summed E-state index contributed by atoms with van der Waals surface area (Å²) in [6.45, 7) is 3.80. The van der Waals surface area contributed by atoms with E-state index < -0.39 is 0 Å². The molecule has 0 aliphatic carbocycles. The highest BCUT2D eigenvalue weighted by atomic mass is 19.1. The molecule has 2 aromatic heterocycles. The summed E-state index contributed by atoms with van der Waals surface area (Å²) in [5, 5.41) is 7.88. The number of carbonyl (C=O) groups excluding carboxylic acids is 1. The van der Waals surface area contributed by atoms with Crippen LogP contribution >= 0.6 is 0 Å². The first-order valence-corrected chi connectivity index (χ1v) is 9.52. The van der Waals surface area contributed by atoms with Crippen LogP contribution in [-0.2, 0) is 17.8 Å². The quantitative estimate of drug-likeness (QED) is 0.729. The van der Waals surface area contributed by atoms with Crippen molar-refractivity contribution < 1.29 is 13.7 Å². The van der Waals surface area contributed by atoms with Gasteiger partial charge in [-0.3, -0.25) is 4.79 Å². The molecular formula is C20H22FN5O2. The van der Waals surface area contributed by atoms with Gasteiger partial charge in [0.2, 0.25) is 5.91 Å². The molecule has 0 unspecified atom stereocenters. The molecule has 0 saturated carbocycles. The number of rotatable bonds is 5. The van der Waals surface area contributed by atoms with Crippen LogP contribution in [0.4, 0.5) is 10.2 Å². The van der Waals surface area contributed by atoms with E-state index in [1.165, 1.54) is 18.5 Å². The van der Waals surface area contributed by atoms with E-state index in [-0.39, 0.29) is 17.6 Å². The lowest BCUT2D eigenvalue weighted by molar-refractivity contribution is -0.125. The highest BCUT2D eigenvalue weighted by molar-refractivity contribution is 5.88. The predicted octanol–water partition coefficient (Wildman–Crippen LogP) is 2.85. The second-order valence-corrected chi connectivity index (χ2v) is 6.99. The number of amides is 1. The van der Waals surface area contributed by atoms with E-state index >= 15 is 0 Å². The maximum absolute atomic E-state index is 13.0. The van der Waals surface area contributed by atoms with Crippen LogP contribution in [0.25, 0.3) is 11.1 Å². The number of carbonyl (C=O) groups is 1. The molecule has 3 heterocycles. The Bertz CT molecular complexity index is 972. The molecule has 1 N–H and O–H groups in total. The minimum atomic E-state index is -0.283. The number of piperidine rings is 1. The Balaban J connectivity index is 1.46. The van der Waals surface area contributed by atoms with Gasteiger partial charge in [0.1, 0.15) is 23.3 Å². The van der Waals surface area contributed by atoms with E-state index in [4.69, 9.17) is 4.52 Å². The van der Waals surface area contributed by atoms with Crippen LogP contribution < -0.4 is 10.2 Å². The van der Waals surface area contributed by atoms with Crippen LogP contribution in [0.15, 0.2) is 35.1 Å². The van der Waals surface area contributed by atoms with Crippen molar-refractivity contribution in [3.63, 3.8) is 0 Å².